The van der Waals surface area contributed by atoms with Crippen LogP contribution in [0.4, 0.5) is 10.1 Å². The first-order valence-electron chi connectivity index (χ1n) is 11.8. The van der Waals surface area contributed by atoms with E-state index in [-0.39, 0.29) is 69.6 Å². The Morgan fingerprint density at radius 1 is 1.31 bits per heavy atom. The summed E-state index contributed by atoms with van der Waals surface area (Å²) in [7, 11) is 0. The maximum atomic E-state index is 14.3. The van der Waals surface area contributed by atoms with Gasteiger partial charge in [-0.25, -0.2) is 14.4 Å². The topological polar surface area (TPSA) is 132 Å². The highest BCUT2D eigenvalue weighted by Crippen LogP contribution is 2.56. The Morgan fingerprint density at radius 3 is 2.86 bits per heavy atom. The highest BCUT2D eigenvalue weighted by molar-refractivity contribution is 8.00. The first-order valence-corrected chi connectivity index (χ1v) is 13.3. The molecule has 0 saturated heterocycles. The molecule has 2 N–H and O–H groups in total. The second-order valence-electron chi connectivity index (χ2n) is 9.75. The molecule has 36 heavy (non-hydrogen) atoms. The fourth-order valence-electron chi connectivity index (χ4n) is 6.23. The summed E-state index contributed by atoms with van der Waals surface area (Å²) in [5, 5.41) is 11.2. The van der Waals surface area contributed by atoms with E-state index >= 15 is 0 Å². The van der Waals surface area contributed by atoms with Gasteiger partial charge < -0.3 is 10.6 Å². The second kappa shape index (κ2) is 9.93. The van der Waals surface area contributed by atoms with E-state index in [2.05, 4.69) is 9.97 Å². The monoisotopic (exact) mass is 533 g/mol. The molecule has 12 heteroatoms. The first-order chi connectivity index (χ1) is 17.2. The van der Waals surface area contributed by atoms with Crippen LogP contribution in [0.3, 0.4) is 0 Å². The maximum absolute atomic E-state index is 14.3. The molecule has 2 fully saturated rings. The molecule has 2 aliphatic carbocycles. The van der Waals surface area contributed by atoms with Crippen LogP contribution in [0.15, 0.2) is 24.4 Å². The Morgan fingerprint density at radius 2 is 2.11 bits per heavy atom. The van der Waals surface area contributed by atoms with Crippen molar-refractivity contribution in [3.63, 3.8) is 0 Å². The number of nitrogens with zero attached hydrogens (tertiary/aromatic N) is 4. The number of amides is 2. The molecule has 9 nitrogen and oxygen atoms in total. The molecule has 3 aliphatic rings. The number of halogens is 2. The van der Waals surface area contributed by atoms with Gasteiger partial charge in [0.15, 0.2) is 5.82 Å². The van der Waals surface area contributed by atoms with E-state index < -0.39 is 10.7 Å². The minimum atomic E-state index is -0.560. The minimum absolute atomic E-state index is 0.0171. The highest BCUT2D eigenvalue weighted by atomic mass is 35.5. The molecule has 0 unspecified atom stereocenters. The number of nitro groups is 1. The average Bonchev–Trinajstić information content (AvgIpc) is 3.42. The number of primary amides is 1. The van der Waals surface area contributed by atoms with E-state index in [1.807, 2.05) is 0 Å². The SMILES string of the molecule is NC(=O)[C@H]1[C@@H]2C[C@@H]([C@H]1Cc1nc(Cl)ncc1F)[C@H](SCC(=O)N1CCc3ccc([N+](=O)[O-])cc3C1)C2. The molecular formula is C24H25ClFN5O4S. The molecule has 5 atom stereocenters. The second-order valence-corrected chi connectivity index (χ2v) is 11.3. The lowest BCUT2D eigenvalue weighted by Crippen LogP contribution is -2.40. The van der Waals surface area contributed by atoms with Gasteiger partial charge in [-0.3, -0.25) is 19.7 Å². The summed E-state index contributed by atoms with van der Waals surface area (Å²) in [5.74, 6) is -0.988. The van der Waals surface area contributed by atoms with Crippen molar-refractivity contribution in [3.05, 3.63) is 62.4 Å². The van der Waals surface area contributed by atoms with Crippen molar-refractivity contribution in [1.82, 2.24) is 14.9 Å². The Kier molecular flexibility index (Phi) is 6.86. The summed E-state index contributed by atoms with van der Waals surface area (Å²) in [6, 6.07) is 4.81. The number of thioether (sulfide) groups is 1. The van der Waals surface area contributed by atoms with Gasteiger partial charge in [0, 0.05) is 36.4 Å². The molecule has 0 spiro atoms. The summed E-state index contributed by atoms with van der Waals surface area (Å²) in [5.41, 5.74) is 7.77. The number of nitro benzene ring substituents is 1. The fourth-order valence-corrected chi connectivity index (χ4v) is 7.86. The molecule has 2 amide bonds. The van der Waals surface area contributed by atoms with Crippen LogP contribution in [0, 0.1) is 39.6 Å². The lowest BCUT2D eigenvalue weighted by molar-refractivity contribution is -0.385. The van der Waals surface area contributed by atoms with Crippen LogP contribution in [0.2, 0.25) is 5.28 Å². The van der Waals surface area contributed by atoms with Crippen molar-refractivity contribution in [1.29, 1.82) is 0 Å². The zero-order chi connectivity index (χ0) is 25.6. The van der Waals surface area contributed by atoms with Crippen LogP contribution >= 0.6 is 23.4 Å². The van der Waals surface area contributed by atoms with Crippen molar-refractivity contribution in [3.8, 4) is 0 Å². The molecule has 2 heterocycles. The molecule has 2 bridgehead atoms. The molecule has 2 saturated carbocycles. The number of aromatic nitrogens is 2. The number of hydrogen-bond donors (Lipinski definition) is 1. The van der Waals surface area contributed by atoms with Crippen molar-refractivity contribution >= 4 is 40.9 Å². The predicted molar refractivity (Wildman–Crippen MR) is 132 cm³/mol. The Balaban J connectivity index is 1.24. The van der Waals surface area contributed by atoms with E-state index in [0.29, 0.717) is 19.5 Å². The summed E-state index contributed by atoms with van der Waals surface area (Å²) in [6.45, 7) is 0.925. The van der Waals surface area contributed by atoms with E-state index in [4.69, 9.17) is 17.3 Å². The number of hydrogen-bond acceptors (Lipinski definition) is 7. The lowest BCUT2D eigenvalue weighted by atomic mass is 9.76. The van der Waals surface area contributed by atoms with E-state index in [9.17, 15) is 24.1 Å². The van der Waals surface area contributed by atoms with Gasteiger partial charge in [-0.15, -0.1) is 11.8 Å². The summed E-state index contributed by atoms with van der Waals surface area (Å²) in [6.07, 6.45) is 3.54. The third kappa shape index (κ3) is 4.78. The standard InChI is InChI=1S/C24H25ClFN5O4S/c25-24-28-9-18(26)19(29-24)8-17-16-6-13(22(17)23(27)33)7-20(16)36-11-21(32)30-4-3-12-1-2-15(31(34)35)5-14(12)10-30/h1-2,5,9,13,16-17,20,22H,3-4,6-8,10-11H2,(H2,27,33)/t13-,16+,17-,20-,22+/m1/s1. The number of carbonyl (C=O) groups is 2. The molecular weight excluding hydrogens is 509 g/mol. The summed E-state index contributed by atoms with van der Waals surface area (Å²) in [4.78, 5) is 45.4. The number of rotatable bonds is 7. The summed E-state index contributed by atoms with van der Waals surface area (Å²) < 4.78 is 14.3. The van der Waals surface area contributed by atoms with Crippen LogP contribution in [-0.4, -0.2) is 49.2 Å². The number of fused-ring (bicyclic) bond motifs is 3. The molecule has 1 aliphatic heterocycles. The fraction of sp³-hybridized carbons (Fsp3) is 0.500. The third-order valence-electron chi connectivity index (χ3n) is 7.84. The van der Waals surface area contributed by atoms with E-state index in [0.717, 1.165) is 30.2 Å². The molecule has 190 valence electrons. The number of non-ortho nitro benzene ring substituents is 1. The van der Waals surface area contributed by atoms with Gasteiger partial charge in [-0.1, -0.05) is 6.07 Å². The van der Waals surface area contributed by atoms with Gasteiger partial charge in [-0.2, -0.15) is 0 Å². The first kappa shape index (κ1) is 24.9. The van der Waals surface area contributed by atoms with Crippen LogP contribution in [0.1, 0.15) is 29.7 Å². The highest BCUT2D eigenvalue weighted by Gasteiger charge is 2.54. The predicted octanol–water partition coefficient (Wildman–Crippen LogP) is 3.16. The van der Waals surface area contributed by atoms with Crippen LogP contribution < -0.4 is 5.73 Å². The maximum Gasteiger partial charge on any atom is 0.269 e. The number of carbonyl (C=O) groups excluding carboxylic acids is 2. The van der Waals surface area contributed by atoms with Gasteiger partial charge in [0.2, 0.25) is 17.1 Å². The van der Waals surface area contributed by atoms with Gasteiger partial charge in [0.05, 0.1) is 22.6 Å². The van der Waals surface area contributed by atoms with Crippen LogP contribution in [0.5, 0.6) is 0 Å². The third-order valence-corrected chi connectivity index (χ3v) is 9.40. The van der Waals surface area contributed by atoms with Crippen LogP contribution in [0.25, 0.3) is 0 Å². The van der Waals surface area contributed by atoms with E-state index in [1.54, 1.807) is 28.8 Å². The molecule has 0 radical (unpaired) electrons. The van der Waals surface area contributed by atoms with E-state index in [1.165, 1.54) is 6.07 Å². The molecule has 5 rings (SSSR count). The number of benzene rings is 1. The summed E-state index contributed by atoms with van der Waals surface area (Å²) >= 11 is 7.43. The average molecular weight is 534 g/mol. The Hall–Kier alpha value is -2.79. The lowest BCUT2D eigenvalue weighted by Gasteiger charge is -2.34. The smallest absolute Gasteiger partial charge is 0.269 e. The van der Waals surface area contributed by atoms with Crippen molar-refractivity contribution in [2.45, 2.75) is 37.5 Å². The van der Waals surface area contributed by atoms with Crippen molar-refractivity contribution < 1.29 is 18.9 Å². The molecule has 2 aromatic rings. The molecule has 1 aromatic carbocycles. The van der Waals surface area contributed by atoms with Crippen molar-refractivity contribution in [2.75, 3.05) is 12.3 Å². The van der Waals surface area contributed by atoms with Gasteiger partial charge in [-0.05, 0) is 66.2 Å². The van der Waals surface area contributed by atoms with Gasteiger partial charge >= 0.3 is 0 Å². The van der Waals surface area contributed by atoms with Crippen LogP contribution in [-0.2, 0) is 29.0 Å². The quantitative estimate of drug-likeness (QED) is 0.328. The Labute approximate surface area is 216 Å². The molecule has 1 aromatic heterocycles. The largest absolute Gasteiger partial charge is 0.369 e. The zero-order valence-electron chi connectivity index (χ0n) is 19.3. The van der Waals surface area contributed by atoms with Gasteiger partial charge in [0.1, 0.15) is 0 Å². The van der Waals surface area contributed by atoms with Crippen molar-refractivity contribution in [2.24, 2.45) is 29.4 Å². The normalized spacial score (nSPS) is 26.6. The number of nitrogens with two attached hydrogens (primary N) is 1. The van der Waals surface area contributed by atoms with Gasteiger partial charge in [0.25, 0.3) is 5.69 Å². The Bertz CT molecular complexity index is 1230. The minimum Gasteiger partial charge on any atom is -0.369 e. The zero-order valence-corrected chi connectivity index (χ0v) is 20.9.